The molecule has 11 heteroatoms. The van der Waals surface area contributed by atoms with Crippen molar-refractivity contribution < 1.29 is 17.6 Å². The van der Waals surface area contributed by atoms with E-state index in [1.165, 1.54) is 30.0 Å². The van der Waals surface area contributed by atoms with E-state index in [2.05, 4.69) is 5.10 Å². The van der Waals surface area contributed by atoms with Crippen molar-refractivity contribution in [3.8, 4) is 0 Å². The van der Waals surface area contributed by atoms with Gasteiger partial charge in [-0.15, -0.1) is 0 Å². The maximum Gasteiger partial charge on any atom is 0.276 e. The summed E-state index contributed by atoms with van der Waals surface area (Å²) >= 11 is 0. The van der Waals surface area contributed by atoms with Gasteiger partial charge >= 0.3 is 0 Å². The van der Waals surface area contributed by atoms with Crippen molar-refractivity contribution in [2.75, 3.05) is 25.0 Å². The SMILES string of the molecule is CN(C1CCN(c2c(C(N)=O)cnn3cc(F)cc23)CC1)S(N)(=O)=O. The average Bonchev–Trinajstić information content (AvgIpc) is 2.92. The first-order valence-corrected chi connectivity index (χ1v) is 9.16. The van der Waals surface area contributed by atoms with Gasteiger partial charge in [0, 0.05) is 32.2 Å². The largest absolute Gasteiger partial charge is 0.369 e. The van der Waals surface area contributed by atoms with E-state index in [0.29, 0.717) is 37.1 Å². The van der Waals surface area contributed by atoms with E-state index < -0.39 is 21.9 Å². The molecule has 0 radical (unpaired) electrons. The standard InChI is InChI=1S/C14H19FN6O3S/c1-19(25(17,23)24)10-2-4-20(5-3-10)13-11(14(16)22)7-18-21-8-9(15)6-12(13)21/h6-8,10H,2-5H2,1H3,(H2,16,22)(H2,17,23,24). The van der Waals surface area contributed by atoms with Crippen LogP contribution < -0.4 is 15.8 Å². The molecule has 0 atom stereocenters. The molecule has 25 heavy (non-hydrogen) atoms. The van der Waals surface area contributed by atoms with E-state index in [9.17, 15) is 17.6 Å². The molecule has 2 aromatic rings. The van der Waals surface area contributed by atoms with Gasteiger partial charge in [0.25, 0.3) is 16.1 Å². The monoisotopic (exact) mass is 370 g/mol. The second-order valence-electron chi connectivity index (χ2n) is 6.04. The van der Waals surface area contributed by atoms with Gasteiger partial charge in [0.2, 0.25) is 0 Å². The lowest BCUT2D eigenvalue weighted by Gasteiger charge is -2.37. The number of nitrogens with two attached hydrogens (primary N) is 2. The number of hydrogen-bond donors (Lipinski definition) is 2. The topological polar surface area (TPSA) is 127 Å². The van der Waals surface area contributed by atoms with E-state index in [4.69, 9.17) is 10.9 Å². The van der Waals surface area contributed by atoms with Crippen LogP contribution in [0.15, 0.2) is 18.5 Å². The van der Waals surface area contributed by atoms with Crippen molar-refractivity contribution in [3.05, 3.63) is 29.8 Å². The number of halogens is 1. The Morgan fingerprint density at radius 1 is 1.40 bits per heavy atom. The number of anilines is 1. The Hall–Kier alpha value is -2.24. The van der Waals surface area contributed by atoms with Crippen LogP contribution in [0.4, 0.5) is 10.1 Å². The molecular weight excluding hydrogens is 351 g/mol. The fraction of sp³-hybridized carbons (Fsp3) is 0.429. The molecule has 0 aromatic carbocycles. The molecular formula is C14H19FN6O3S. The number of piperidine rings is 1. The molecule has 0 bridgehead atoms. The van der Waals surface area contributed by atoms with Gasteiger partial charge in [0.15, 0.2) is 0 Å². The summed E-state index contributed by atoms with van der Waals surface area (Å²) in [6.07, 6.45) is 3.56. The number of rotatable bonds is 4. The van der Waals surface area contributed by atoms with Crippen LogP contribution in [0.2, 0.25) is 0 Å². The van der Waals surface area contributed by atoms with Crippen molar-refractivity contribution in [2.45, 2.75) is 18.9 Å². The number of fused-ring (bicyclic) bond motifs is 1. The number of amides is 1. The summed E-state index contributed by atoms with van der Waals surface area (Å²) in [4.78, 5) is 13.7. The van der Waals surface area contributed by atoms with Gasteiger partial charge in [-0.3, -0.25) is 4.79 Å². The summed E-state index contributed by atoms with van der Waals surface area (Å²) in [5.41, 5.74) is 6.58. The summed E-state index contributed by atoms with van der Waals surface area (Å²) in [5.74, 6) is -1.13. The lowest BCUT2D eigenvalue weighted by Crippen LogP contribution is -2.48. The summed E-state index contributed by atoms with van der Waals surface area (Å²) in [6, 6.07) is 1.06. The first-order valence-electron chi connectivity index (χ1n) is 7.66. The molecule has 0 aliphatic carbocycles. The van der Waals surface area contributed by atoms with Crippen molar-refractivity contribution in [1.82, 2.24) is 13.9 Å². The first kappa shape index (κ1) is 17.6. The fourth-order valence-electron chi connectivity index (χ4n) is 3.19. The summed E-state index contributed by atoms with van der Waals surface area (Å²) in [5, 5.41) is 9.17. The molecule has 0 spiro atoms. The summed E-state index contributed by atoms with van der Waals surface area (Å²) in [6.45, 7) is 0.939. The van der Waals surface area contributed by atoms with Gasteiger partial charge in [-0.2, -0.15) is 17.8 Å². The highest BCUT2D eigenvalue weighted by atomic mass is 32.2. The number of primary amides is 1. The van der Waals surface area contributed by atoms with Gasteiger partial charge in [-0.05, 0) is 12.8 Å². The van der Waals surface area contributed by atoms with Gasteiger partial charge in [0.1, 0.15) is 5.82 Å². The van der Waals surface area contributed by atoms with Crippen molar-refractivity contribution in [1.29, 1.82) is 0 Å². The van der Waals surface area contributed by atoms with Crippen LogP contribution in [0.25, 0.3) is 5.52 Å². The van der Waals surface area contributed by atoms with Crippen LogP contribution >= 0.6 is 0 Å². The van der Waals surface area contributed by atoms with Crippen molar-refractivity contribution >= 4 is 27.3 Å². The minimum absolute atomic E-state index is 0.198. The average molecular weight is 370 g/mol. The van der Waals surface area contributed by atoms with Gasteiger partial charge < -0.3 is 10.6 Å². The number of carbonyl (C=O) groups excluding carboxylic acids is 1. The fourth-order valence-corrected chi connectivity index (χ4v) is 3.81. The van der Waals surface area contributed by atoms with E-state index in [1.54, 1.807) is 0 Å². The Morgan fingerprint density at radius 2 is 2.04 bits per heavy atom. The lowest BCUT2D eigenvalue weighted by molar-refractivity contribution is 0.1000. The van der Waals surface area contributed by atoms with Crippen LogP contribution in [0.5, 0.6) is 0 Å². The van der Waals surface area contributed by atoms with Crippen LogP contribution in [0.3, 0.4) is 0 Å². The molecule has 1 aliphatic heterocycles. The maximum atomic E-state index is 13.6. The van der Waals surface area contributed by atoms with E-state index >= 15 is 0 Å². The zero-order valence-electron chi connectivity index (χ0n) is 13.6. The zero-order valence-corrected chi connectivity index (χ0v) is 14.4. The predicted octanol–water partition coefficient (Wildman–Crippen LogP) is -0.324. The Labute approximate surface area is 144 Å². The molecule has 136 valence electrons. The van der Waals surface area contributed by atoms with E-state index in [0.717, 1.165) is 4.31 Å². The molecule has 1 fully saturated rings. The molecule has 0 saturated carbocycles. The molecule has 0 unspecified atom stereocenters. The van der Waals surface area contributed by atoms with Crippen LogP contribution in [-0.2, 0) is 10.2 Å². The highest BCUT2D eigenvalue weighted by Crippen LogP contribution is 2.30. The summed E-state index contributed by atoms with van der Waals surface area (Å²) in [7, 11) is -2.32. The molecule has 2 aromatic heterocycles. The Bertz CT molecular complexity index is 920. The van der Waals surface area contributed by atoms with Crippen LogP contribution in [0, 0.1) is 5.82 Å². The predicted molar refractivity (Wildman–Crippen MR) is 89.8 cm³/mol. The van der Waals surface area contributed by atoms with Crippen LogP contribution in [-0.4, -0.2) is 54.4 Å². The second kappa shape index (κ2) is 6.24. The molecule has 1 amide bonds. The number of aromatic nitrogens is 2. The second-order valence-corrected chi connectivity index (χ2v) is 7.64. The molecule has 4 N–H and O–H groups in total. The molecule has 3 rings (SSSR count). The molecule has 1 saturated heterocycles. The zero-order chi connectivity index (χ0) is 18.4. The third kappa shape index (κ3) is 3.30. The Kier molecular flexibility index (Phi) is 4.39. The molecule has 1 aliphatic rings. The Balaban J connectivity index is 1.93. The van der Waals surface area contributed by atoms with Crippen molar-refractivity contribution in [2.24, 2.45) is 10.9 Å². The quantitative estimate of drug-likeness (QED) is 0.762. The normalized spacial score (nSPS) is 16.7. The smallest absolute Gasteiger partial charge is 0.276 e. The number of carbonyl (C=O) groups is 1. The van der Waals surface area contributed by atoms with E-state index in [1.807, 2.05) is 4.90 Å². The minimum Gasteiger partial charge on any atom is -0.369 e. The number of nitrogens with zero attached hydrogens (tertiary/aromatic N) is 4. The van der Waals surface area contributed by atoms with E-state index in [-0.39, 0.29) is 11.6 Å². The van der Waals surface area contributed by atoms with Gasteiger partial charge in [-0.1, -0.05) is 0 Å². The molecule has 9 nitrogen and oxygen atoms in total. The van der Waals surface area contributed by atoms with Crippen LogP contribution in [0.1, 0.15) is 23.2 Å². The third-order valence-corrected chi connectivity index (χ3v) is 5.64. The highest BCUT2D eigenvalue weighted by molar-refractivity contribution is 7.86. The maximum absolute atomic E-state index is 13.6. The summed E-state index contributed by atoms with van der Waals surface area (Å²) < 4.78 is 39.1. The third-order valence-electron chi connectivity index (χ3n) is 4.54. The highest BCUT2D eigenvalue weighted by Gasteiger charge is 2.30. The molecule has 3 heterocycles. The Morgan fingerprint density at radius 3 is 2.60 bits per heavy atom. The van der Waals surface area contributed by atoms with Gasteiger partial charge in [-0.25, -0.2) is 14.0 Å². The minimum atomic E-state index is -3.76. The van der Waals surface area contributed by atoms with Gasteiger partial charge in [0.05, 0.1) is 29.2 Å². The van der Waals surface area contributed by atoms with Crippen molar-refractivity contribution in [3.63, 3.8) is 0 Å². The first-order chi connectivity index (χ1) is 11.7. The lowest BCUT2D eigenvalue weighted by atomic mass is 10.0. The number of hydrogen-bond acceptors (Lipinski definition) is 5.